The SMILES string of the molecule is NCc1cc(COCCC2CC2)ccn1. The van der Waals surface area contributed by atoms with Crippen LogP contribution in [-0.2, 0) is 17.9 Å². The molecule has 2 N–H and O–H groups in total. The van der Waals surface area contributed by atoms with Crippen LogP contribution in [0.1, 0.15) is 30.5 Å². The fourth-order valence-corrected chi connectivity index (χ4v) is 1.58. The summed E-state index contributed by atoms with van der Waals surface area (Å²) in [6.07, 6.45) is 5.81. The van der Waals surface area contributed by atoms with E-state index in [-0.39, 0.29) is 0 Å². The molecule has 1 heterocycles. The number of pyridine rings is 1. The fraction of sp³-hybridized carbons (Fsp3) is 0.583. The van der Waals surface area contributed by atoms with Crippen molar-refractivity contribution in [2.24, 2.45) is 11.7 Å². The molecule has 1 aromatic heterocycles. The summed E-state index contributed by atoms with van der Waals surface area (Å²) in [5.41, 5.74) is 7.62. The highest BCUT2D eigenvalue weighted by Gasteiger charge is 2.20. The van der Waals surface area contributed by atoms with Gasteiger partial charge in [-0.25, -0.2) is 0 Å². The maximum atomic E-state index is 5.60. The van der Waals surface area contributed by atoms with Crippen molar-refractivity contribution in [3.05, 3.63) is 29.6 Å². The molecule has 1 aromatic rings. The molecule has 1 saturated carbocycles. The summed E-state index contributed by atoms with van der Waals surface area (Å²) in [7, 11) is 0. The average Bonchev–Trinajstić information content (AvgIpc) is 3.09. The van der Waals surface area contributed by atoms with Gasteiger partial charge in [-0.1, -0.05) is 12.8 Å². The number of hydrogen-bond donors (Lipinski definition) is 1. The maximum Gasteiger partial charge on any atom is 0.0718 e. The molecule has 0 atom stereocenters. The Morgan fingerprint density at radius 3 is 3.07 bits per heavy atom. The molecule has 0 amide bonds. The summed E-state index contributed by atoms with van der Waals surface area (Å²) in [6.45, 7) is 2.06. The zero-order valence-electron chi connectivity index (χ0n) is 8.98. The van der Waals surface area contributed by atoms with Crippen molar-refractivity contribution in [3.63, 3.8) is 0 Å². The van der Waals surface area contributed by atoms with E-state index in [0.717, 1.165) is 18.2 Å². The molecule has 82 valence electrons. The van der Waals surface area contributed by atoms with E-state index < -0.39 is 0 Å². The molecule has 0 aliphatic heterocycles. The van der Waals surface area contributed by atoms with E-state index in [1.165, 1.54) is 24.8 Å². The molecule has 0 saturated heterocycles. The molecule has 2 rings (SSSR count). The molecular weight excluding hydrogens is 188 g/mol. The highest BCUT2D eigenvalue weighted by molar-refractivity contribution is 5.15. The van der Waals surface area contributed by atoms with Gasteiger partial charge in [-0.3, -0.25) is 4.98 Å². The van der Waals surface area contributed by atoms with Crippen LogP contribution in [0.25, 0.3) is 0 Å². The number of rotatable bonds is 6. The molecule has 0 radical (unpaired) electrons. The minimum Gasteiger partial charge on any atom is -0.377 e. The van der Waals surface area contributed by atoms with Crippen molar-refractivity contribution in [2.75, 3.05) is 6.61 Å². The third-order valence-corrected chi connectivity index (χ3v) is 2.73. The lowest BCUT2D eigenvalue weighted by atomic mass is 10.2. The average molecular weight is 206 g/mol. The maximum absolute atomic E-state index is 5.60. The van der Waals surface area contributed by atoms with E-state index in [1.54, 1.807) is 6.20 Å². The third-order valence-electron chi connectivity index (χ3n) is 2.73. The van der Waals surface area contributed by atoms with Gasteiger partial charge in [0.1, 0.15) is 0 Å². The van der Waals surface area contributed by atoms with Gasteiger partial charge >= 0.3 is 0 Å². The van der Waals surface area contributed by atoms with Gasteiger partial charge < -0.3 is 10.5 Å². The van der Waals surface area contributed by atoms with E-state index in [9.17, 15) is 0 Å². The Bertz CT molecular complexity index is 310. The zero-order chi connectivity index (χ0) is 10.5. The van der Waals surface area contributed by atoms with Crippen LogP contribution in [-0.4, -0.2) is 11.6 Å². The Kier molecular flexibility index (Phi) is 3.69. The number of nitrogens with zero attached hydrogens (tertiary/aromatic N) is 1. The minimum atomic E-state index is 0.496. The zero-order valence-corrected chi connectivity index (χ0v) is 8.98. The Morgan fingerprint density at radius 1 is 1.47 bits per heavy atom. The first-order valence-corrected chi connectivity index (χ1v) is 5.60. The summed E-state index contributed by atoms with van der Waals surface area (Å²) < 4.78 is 5.60. The van der Waals surface area contributed by atoms with Gasteiger partial charge in [0.2, 0.25) is 0 Å². The quantitative estimate of drug-likeness (QED) is 0.723. The van der Waals surface area contributed by atoms with E-state index >= 15 is 0 Å². The summed E-state index contributed by atoms with van der Waals surface area (Å²) in [4.78, 5) is 4.14. The fourth-order valence-electron chi connectivity index (χ4n) is 1.58. The monoisotopic (exact) mass is 206 g/mol. The van der Waals surface area contributed by atoms with Crippen LogP contribution in [0, 0.1) is 5.92 Å². The van der Waals surface area contributed by atoms with Crippen molar-refractivity contribution < 1.29 is 4.74 Å². The van der Waals surface area contributed by atoms with Crippen LogP contribution in [0.3, 0.4) is 0 Å². The largest absolute Gasteiger partial charge is 0.377 e. The molecular formula is C12H18N2O. The van der Waals surface area contributed by atoms with Crippen molar-refractivity contribution >= 4 is 0 Å². The predicted molar refractivity (Wildman–Crippen MR) is 59.1 cm³/mol. The van der Waals surface area contributed by atoms with Gasteiger partial charge in [0, 0.05) is 19.3 Å². The second-order valence-electron chi connectivity index (χ2n) is 4.14. The molecule has 15 heavy (non-hydrogen) atoms. The van der Waals surface area contributed by atoms with Gasteiger partial charge in [0.15, 0.2) is 0 Å². The first-order chi connectivity index (χ1) is 7.38. The topological polar surface area (TPSA) is 48.1 Å². The smallest absolute Gasteiger partial charge is 0.0718 e. The van der Waals surface area contributed by atoms with Gasteiger partial charge in [-0.15, -0.1) is 0 Å². The van der Waals surface area contributed by atoms with Crippen LogP contribution in [0.2, 0.25) is 0 Å². The Labute approximate surface area is 90.7 Å². The lowest BCUT2D eigenvalue weighted by Crippen LogP contribution is -2.02. The number of ether oxygens (including phenoxy) is 1. The number of aromatic nitrogens is 1. The Balaban J connectivity index is 1.71. The normalized spacial score (nSPS) is 15.5. The summed E-state index contributed by atoms with van der Waals surface area (Å²) in [5.74, 6) is 0.946. The summed E-state index contributed by atoms with van der Waals surface area (Å²) in [5, 5.41) is 0. The van der Waals surface area contributed by atoms with Crippen molar-refractivity contribution in [2.45, 2.75) is 32.4 Å². The second kappa shape index (κ2) is 5.24. The van der Waals surface area contributed by atoms with Gasteiger partial charge in [-0.2, -0.15) is 0 Å². The molecule has 0 unspecified atom stereocenters. The van der Waals surface area contributed by atoms with Crippen LogP contribution in [0.15, 0.2) is 18.3 Å². The van der Waals surface area contributed by atoms with Crippen LogP contribution in [0.5, 0.6) is 0 Å². The number of nitrogens with two attached hydrogens (primary N) is 1. The van der Waals surface area contributed by atoms with E-state index in [0.29, 0.717) is 13.2 Å². The molecule has 3 nitrogen and oxygen atoms in total. The van der Waals surface area contributed by atoms with Gasteiger partial charge in [0.05, 0.1) is 12.3 Å². The third kappa shape index (κ3) is 3.61. The van der Waals surface area contributed by atoms with Gasteiger partial charge in [-0.05, 0) is 30.0 Å². The predicted octanol–water partition coefficient (Wildman–Crippen LogP) is 1.86. The first kappa shape index (κ1) is 10.6. The molecule has 0 bridgehead atoms. The minimum absolute atomic E-state index is 0.496. The lowest BCUT2D eigenvalue weighted by Gasteiger charge is -2.04. The van der Waals surface area contributed by atoms with E-state index in [4.69, 9.17) is 10.5 Å². The van der Waals surface area contributed by atoms with Crippen LogP contribution in [0.4, 0.5) is 0 Å². The molecule has 1 fully saturated rings. The van der Waals surface area contributed by atoms with Crippen molar-refractivity contribution in [1.29, 1.82) is 0 Å². The van der Waals surface area contributed by atoms with Crippen LogP contribution >= 0.6 is 0 Å². The van der Waals surface area contributed by atoms with Crippen LogP contribution < -0.4 is 5.73 Å². The first-order valence-electron chi connectivity index (χ1n) is 5.60. The molecule has 1 aliphatic carbocycles. The van der Waals surface area contributed by atoms with Crippen molar-refractivity contribution in [3.8, 4) is 0 Å². The molecule has 0 aromatic carbocycles. The molecule has 0 spiro atoms. The highest BCUT2D eigenvalue weighted by atomic mass is 16.5. The second-order valence-corrected chi connectivity index (χ2v) is 4.14. The number of hydrogen-bond acceptors (Lipinski definition) is 3. The lowest BCUT2D eigenvalue weighted by molar-refractivity contribution is 0.115. The molecule has 3 heteroatoms. The van der Waals surface area contributed by atoms with E-state index in [1.807, 2.05) is 12.1 Å². The molecule has 1 aliphatic rings. The standard InChI is InChI=1S/C12H18N2O/c13-8-12-7-11(3-5-14-12)9-15-6-4-10-1-2-10/h3,5,7,10H,1-2,4,6,8-9,13H2. The van der Waals surface area contributed by atoms with Gasteiger partial charge in [0.25, 0.3) is 0 Å². The summed E-state index contributed by atoms with van der Waals surface area (Å²) >= 11 is 0. The van der Waals surface area contributed by atoms with E-state index in [2.05, 4.69) is 4.98 Å². The Morgan fingerprint density at radius 2 is 2.33 bits per heavy atom. The summed E-state index contributed by atoms with van der Waals surface area (Å²) in [6, 6.07) is 3.99. The van der Waals surface area contributed by atoms with Crippen molar-refractivity contribution in [1.82, 2.24) is 4.98 Å². The highest BCUT2D eigenvalue weighted by Crippen LogP contribution is 2.32. The Hall–Kier alpha value is -0.930.